The third-order valence-electron chi connectivity index (χ3n) is 5.49. The standard InChI is InChI=1S/C25H22N2O3/c1-16-5-7-18(8-6-16)11-22-24(28)23-17(2)10-21-20(25(23)30-22)14-27(15-29-21)13-19-4-3-9-26-12-19/h3-12H,13-15H2,1-2H3/b22-11-. The lowest BCUT2D eigenvalue weighted by Gasteiger charge is -2.30. The van der Waals surface area contributed by atoms with E-state index in [2.05, 4.69) is 9.88 Å². The number of pyridine rings is 1. The van der Waals surface area contributed by atoms with Crippen molar-refractivity contribution in [2.45, 2.75) is 26.9 Å². The van der Waals surface area contributed by atoms with Gasteiger partial charge in [0.1, 0.15) is 18.2 Å². The number of nitrogens with zero attached hydrogens (tertiary/aromatic N) is 2. The maximum Gasteiger partial charge on any atom is 0.232 e. The Hall–Kier alpha value is -3.44. The number of rotatable bonds is 3. The second kappa shape index (κ2) is 7.43. The average Bonchev–Trinajstić information content (AvgIpc) is 3.08. The van der Waals surface area contributed by atoms with Gasteiger partial charge in [-0.2, -0.15) is 0 Å². The van der Waals surface area contributed by atoms with Crippen molar-refractivity contribution in [2.24, 2.45) is 0 Å². The van der Waals surface area contributed by atoms with Crippen molar-refractivity contribution in [1.29, 1.82) is 0 Å². The Morgan fingerprint density at radius 3 is 2.77 bits per heavy atom. The molecule has 0 amide bonds. The first-order chi connectivity index (χ1) is 14.6. The number of Topliss-reactive ketones (excluding diaryl/α,β-unsaturated/α-hetero) is 1. The summed E-state index contributed by atoms with van der Waals surface area (Å²) in [5, 5.41) is 0. The zero-order chi connectivity index (χ0) is 20.7. The van der Waals surface area contributed by atoms with Crippen molar-refractivity contribution < 1.29 is 14.3 Å². The van der Waals surface area contributed by atoms with Crippen LogP contribution in [0, 0.1) is 13.8 Å². The normalized spacial score (nSPS) is 16.7. The molecule has 3 aromatic rings. The molecule has 0 aliphatic carbocycles. The predicted octanol–water partition coefficient (Wildman–Crippen LogP) is 4.67. The minimum atomic E-state index is -0.0738. The molecule has 0 saturated heterocycles. The molecule has 150 valence electrons. The van der Waals surface area contributed by atoms with Crippen LogP contribution in [0.3, 0.4) is 0 Å². The predicted molar refractivity (Wildman–Crippen MR) is 114 cm³/mol. The highest BCUT2D eigenvalue weighted by Gasteiger charge is 2.35. The number of hydrogen-bond acceptors (Lipinski definition) is 5. The highest BCUT2D eigenvalue weighted by Crippen LogP contribution is 2.44. The number of fused-ring (bicyclic) bond motifs is 3. The number of hydrogen-bond donors (Lipinski definition) is 0. The second-order valence-electron chi connectivity index (χ2n) is 7.85. The molecule has 0 radical (unpaired) electrons. The molecule has 0 atom stereocenters. The zero-order valence-electron chi connectivity index (χ0n) is 17.0. The van der Waals surface area contributed by atoms with E-state index in [4.69, 9.17) is 9.47 Å². The van der Waals surface area contributed by atoms with Crippen molar-refractivity contribution in [3.63, 3.8) is 0 Å². The largest absolute Gasteiger partial charge is 0.478 e. The van der Waals surface area contributed by atoms with Gasteiger partial charge in [0, 0.05) is 25.5 Å². The number of allylic oxidation sites excluding steroid dienone is 1. The van der Waals surface area contributed by atoms with Crippen LogP contribution in [0.4, 0.5) is 0 Å². The summed E-state index contributed by atoms with van der Waals surface area (Å²) in [6, 6.07) is 14.0. The van der Waals surface area contributed by atoms with E-state index in [9.17, 15) is 4.79 Å². The van der Waals surface area contributed by atoms with Crippen LogP contribution in [0.25, 0.3) is 6.08 Å². The highest BCUT2D eigenvalue weighted by molar-refractivity contribution is 6.15. The molecule has 0 bridgehead atoms. The average molecular weight is 398 g/mol. The Morgan fingerprint density at radius 2 is 2.00 bits per heavy atom. The van der Waals surface area contributed by atoms with Gasteiger partial charge in [-0.25, -0.2) is 0 Å². The zero-order valence-corrected chi connectivity index (χ0v) is 17.0. The van der Waals surface area contributed by atoms with E-state index in [0.717, 1.165) is 34.5 Å². The van der Waals surface area contributed by atoms with Crippen molar-refractivity contribution in [2.75, 3.05) is 6.73 Å². The summed E-state index contributed by atoms with van der Waals surface area (Å²) in [5.41, 5.74) is 5.67. The van der Waals surface area contributed by atoms with Gasteiger partial charge in [-0.05, 0) is 48.7 Å². The topological polar surface area (TPSA) is 51.7 Å². The van der Waals surface area contributed by atoms with Gasteiger partial charge in [-0.3, -0.25) is 14.7 Å². The Balaban J connectivity index is 1.47. The fourth-order valence-electron chi connectivity index (χ4n) is 3.94. The fourth-order valence-corrected chi connectivity index (χ4v) is 3.94. The van der Waals surface area contributed by atoms with Crippen molar-refractivity contribution in [1.82, 2.24) is 9.88 Å². The Morgan fingerprint density at radius 1 is 1.17 bits per heavy atom. The smallest absolute Gasteiger partial charge is 0.232 e. The van der Waals surface area contributed by atoms with Crippen molar-refractivity contribution in [3.05, 3.63) is 94.0 Å². The summed E-state index contributed by atoms with van der Waals surface area (Å²) in [6.45, 7) is 5.82. The van der Waals surface area contributed by atoms with Crippen LogP contribution in [0.5, 0.6) is 11.5 Å². The van der Waals surface area contributed by atoms with Gasteiger partial charge >= 0.3 is 0 Å². The molecule has 2 aliphatic rings. The number of carbonyl (C=O) groups excluding carboxylic acids is 1. The number of carbonyl (C=O) groups is 1. The lowest BCUT2D eigenvalue weighted by molar-refractivity contribution is 0.0871. The van der Waals surface area contributed by atoms with Crippen LogP contribution in [0.1, 0.15) is 38.2 Å². The van der Waals surface area contributed by atoms with Gasteiger partial charge in [-0.1, -0.05) is 35.9 Å². The van der Waals surface area contributed by atoms with Crippen LogP contribution in [-0.4, -0.2) is 22.4 Å². The summed E-state index contributed by atoms with van der Waals surface area (Å²) >= 11 is 0. The summed E-state index contributed by atoms with van der Waals surface area (Å²) in [5.74, 6) is 1.70. The quantitative estimate of drug-likeness (QED) is 0.600. The number of ether oxygens (including phenoxy) is 2. The van der Waals surface area contributed by atoms with E-state index in [1.807, 2.05) is 68.6 Å². The molecule has 3 heterocycles. The van der Waals surface area contributed by atoms with Crippen molar-refractivity contribution in [3.8, 4) is 11.5 Å². The third-order valence-corrected chi connectivity index (χ3v) is 5.49. The molecule has 2 aliphatic heterocycles. The van der Waals surface area contributed by atoms with Crippen LogP contribution >= 0.6 is 0 Å². The molecule has 1 aromatic heterocycles. The fraction of sp³-hybridized carbons (Fsp3) is 0.200. The monoisotopic (exact) mass is 398 g/mol. The molecule has 5 nitrogen and oxygen atoms in total. The number of benzene rings is 2. The molecular weight excluding hydrogens is 376 g/mol. The molecule has 2 aromatic carbocycles. The SMILES string of the molecule is Cc1ccc(/C=C2\Oc3c4c(cc(C)c3C2=O)OCN(Cc2cccnc2)C4)cc1. The number of aryl methyl sites for hydroxylation is 2. The van der Waals surface area contributed by atoms with E-state index in [1.165, 1.54) is 5.56 Å². The lowest BCUT2D eigenvalue weighted by Crippen LogP contribution is -2.31. The molecule has 0 saturated carbocycles. The van der Waals surface area contributed by atoms with Gasteiger partial charge in [0.15, 0.2) is 5.76 Å². The lowest BCUT2D eigenvalue weighted by atomic mass is 9.98. The Labute approximate surface area is 175 Å². The third kappa shape index (κ3) is 3.37. The summed E-state index contributed by atoms with van der Waals surface area (Å²) < 4.78 is 12.1. The molecular formula is C25H22N2O3. The van der Waals surface area contributed by atoms with E-state index in [-0.39, 0.29) is 5.78 Å². The van der Waals surface area contributed by atoms with E-state index < -0.39 is 0 Å². The van der Waals surface area contributed by atoms with Crippen LogP contribution in [-0.2, 0) is 13.1 Å². The first-order valence-electron chi connectivity index (χ1n) is 10.00. The number of aromatic nitrogens is 1. The molecule has 0 N–H and O–H groups in total. The van der Waals surface area contributed by atoms with E-state index >= 15 is 0 Å². The minimum Gasteiger partial charge on any atom is -0.478 e. The summed E-state index contributed by atoms with van der Waals surface area (Å²) in [4.78, 5) is 19.4. The minimum absolute atomic E-state index is 0.0738. The summed E-state index contributed by atoms with van der Waals surface area (Å²) in [6.07, 6.45) is 5.44. The Kier molecular flexibility index (Phi) is 4.60. The van der Waals surface area contributed by atoms with Crippen LogP contribution < -0.4 is 9.47 Å². The molecule has 5 heteroatoms. The van der Waals surface area contributed by atoms with Gasteiger partial charge in [0.25, 0.3) is 0 Å². The highest BCUT2D eigenvalue weighted by atomic mass is 16.5. The van der Waals surface area contributed by atoms with Gasteiger partial charge in [0.2, 0.25) is 5.78 Å². The number of ketones is 1. The maximum absolute atomic E-state index is 13.1. The van der Waals surface area contributed by atoms with Gasteiger partial charge in [0.05, 0.1) is 11.1 Å². The van der Waals surface area contributed by atoms with Crippen molar-refractivity contribution >= 4 is 11.9 Å². The first-order valence-corrected chi connectivity index (χ1v) is 10.00. The molecule has 0 unspecified atom stereocenters. The van der Waals surface area contributed by atoms with Gasteiger partial charge < -0.3 is 9.47 Å². The van der Waals surface area contributed by atoms with Crippen LogP contribution in [0.15, 0.2) is 60.6 Å². The maximum atomic E-state index is 13.1. The van der Waals surface area contributed by atoms with Gasteiger partial charge in [-0.15, -0.1) is 0 Å². The molecule has 0 spiro atoms. The molecule has 5 rings (SSSR count). The molecule has 30 heavy (non-hydrogen) atoms. The second-order valence-corrected chi connectivity index (χ2v) is 7.85. The first kappa shape index (κ1) is 18.6. The van der Waals surface area contributed by atoms with E-state index in [1.54, 1.807) is 6.20 Å². The van der Waals surface area contributed by atoms with Crippen LogP contribution in [0.2, 0.25) is 0 Å². The van der Waals surface area contributed by atoms with E-state index in [0.29, 0.717) is 30.3 Å². The Bertz CT molecular complexity index is 1150. The summed E-state index contributed by atoms with van der Waals surface area (Å²) in [7, 11) is 0. The molecule has 0 fully saturated rings.